The first-order valence-corrected chi connectivity index (χ1v) is 7.62. The molecule has 0 fully saturated rings. The minimum absolute atomic E-state index is 0.886. The van der Waals surface area contributed by atoms with Gasteiger partial charge in [-0.05, 0) is 43.0 Å². The van der Waals surface area contributed by atoms with Gasteiger partial charge in [-0.2, -0.15) is 0 Å². The van der Waals surface area contributed by atoms with Gasteiger partial charge in [0.25, 0.3) is 0 Å². The number of halogens is 1. The summed E-state index contributed by atoms with van der Waals surface area (Å²) in [4.78, 5) is 0. The van der Waals surface area contributed by atoms with Gasteiger partial charge < -0.3 is 10.1 Å². The standard InChI is InChI=1S/C17H20BrNO/c1-13-11-15(18)12-16(20-2)17(13)19-10-6-9-14-7-4-3-5-8-14/h3-5,7-8,11-12,19H,6,9-10H2,1-2H3. The Morgan fingerprint density at radius 3 is 2.60 bits per heavy atom. The highest BCUT2D eigenvalue weighted by Gasteiger charge is 2.07. The summed E-state index contributed by atoms with van der Waals surface area (Å²) in [7, 11) is 1.70. The third-order valence-electron chi connectivity index (χ3n) is 3.27. The molecule has 0 atom stereocenters. The highest BCUT2D eigenvalue weighted by atomic mass is 79.9. The molecule has 0 aliphatic carbocycles. The van der Waals surface area contributed by atoms with Crippen LogP contribution >= 0.6 is 15.9 Å². The van der Waals surface area contributed by atoms with E-state index in [-0.39, 0.29) is 0 Å². The predicted molar refractivity (Wildman–Crippen MR) is 88.7 cm³/mol. The normalized spacial score (nSPS) is 10.3. The van der Waals surface area contributed by atoms with Gasteiger partial charge in [0.05, 0.1) is 12.8 Å². The van der Waals surface area contributed by atoms with Gasteiger partial charge in [-0.25, -0.2) is 0 Å². The lowest BCUT2D eigenvalue weighted by Gasteiger charge is -2.14. The third-order valence-corrected chi connectivity index (χ3v) is 3.73. The molecular weight excluding hydrogens is 314 g/mol. The fraction of sp³-hybridized carbons (Fsp3) is 0.294. The summed E-state index contributed by atoms with van der Waals surface area (Å²) in [6.07, 6.45) is 2.19. The first-order valence-electron chi connectivity index (χ1n) is 6.82. The average Bonchev–Trinajstić information content (AvgIpc) is 2.45. The van der Waals surface area contributed by atoms with Gasteiger partial charge in [0.15, 0.2) is 0 Å². The molecule has 0 aliphatic heterocycles. The lowest BCUT2D eigenvalue weighted by Crippen LogP contribution is -2.06. The van der Waals surface area contributed by atoms with E-state index in [2.05, 4.69) is 64.6 Å². The van der Waals surface area contributed by atoms with Crippen molar-refractivity contribution >= 4 is 21.6 Å². The van der Waals surface area contributed by atoms with E-state index >= 15 is 0 Å². The molecule has 0 bridgehead atoms. The molecule has 0 aromatic heterocycles. The molecule has 0 radical (unpaired) electrons. The van der Waals surface area contributed by atoms with Crippen molar-refractivity contribution in [3.05, 3.63) is 58.1 Å². The summed E-state index contributed by atoms with van der Waals surface area (Å²) in [5.74, 6) is 0.886. The Hall–Kier alpha value is -1.48. The SMILES string of the molecule is COc1cc(Br)cc(C)c1NCCCc1ccccc1. The van der Waals surface area contributed by atoms with Gasteiger partial charge in [-0.15, -0.1) is 0 Å². The summed E-state index contributed by atoms with van der Waals surface area (Å²) in [6, 6.07) is 14.7. The number of hydrogen-bond acceptors (Lipinski definition) is 2. The van der Waals surface area contributed by atoms with E-state index in [1.54, 1.807) is 7.11 Å². The number of benzene rings is 2. The van der Waals surface area contributed by atoms with E-state index in [0.29, 0.717) is 0 Å². The number of aryl methyl sites for hydroxylation is 2. The molecule has 0 amide bonds. The molecule has 0 saturated carbocycles. The van der Waals surface area contributed by atoms with Crippen LogP contribution in [0.15, 0.2) is 46.9 Å². The van der Waals surface area contributed by atoms with Gasteiger partial charge in [-0.1, -0.05) is 46.3 Å². The Morgan fingerprint density at radius 2 is 1.90 bits per heavy atom. The molecule has 0 saturated heterocycles. The van der Waals surface area contributed by atoms with Crippen LogP contribution in [0.25, 0.3) is 0 Å². The van der Waals surface area contributed by atoms with Gasteiger partial charge in [0, 0.05) is 11.0 Å². The summed E-state index contributed by atoms with van der Waals surface area (Å²) in [5, 5.41) is 3.48. The predicted octanol–water partition coefficient (Wildman–Crippen LogP) is 4.81. The van der Waals surface area contributed by atoms with Gasteiger partial charge >= 0.3 is 0 Å². The molecule has 106 valence electrons. The van der Waals surface area contributed by atoms with Crippen molar-refractivity contribution < 1.29 is 4.74 Å². The van der Waals surface area contributed by atoms with E-state index in [1.165, 1.54) is 11.1 Å². The zero-order valence-corrected chi connectivity index (χ0v) is 13.5. The zero-order valence-electron chi connectivity index (χ0n) is 11.9. The van der Waals surface area contributed by atoms with Crippen molar-refractivity contribution in [2.45, 2.75) is 19.8 Å². The Kier molecular flexibility index (Phi) is 5.48. The van der Waals surface area contributed by atoms with Crippen molar-refractivity contribution in [3.8, 4) is 5.75 Å². The van der Waals surface area contributed by atoms with Crippen molar-refractivity contribution in [1.29, 1.82) is 0 Å². The minimum atomic E-state index is 0.886. The molecule has 0 unspecified atom stereocenters. The number of methoxy groups -OCH3 is 1. The second-order valence-corrected chi connectivity index (χ2v) is 5.73. The van der Waals surface area contributed by atoms with Crippen LogP contribution in [-0.4, -0.2) is 13.7 Å². The van der Waals surface area contributed by atoms with E-state index in [4.69, 9.17) is 4.74 Å². The van der Waals surface area contributed by atoms with Crippen molar-refractivity contribution in [1.82, 2.24) is 0 Å². The lowest BCUT2D eigenvalue weighted by molar-refractivity contribution is 0.416. The topological polar surface area (TPSA) is 21.3 Å². The van der Waals surface area contributed by atoms with Gasteiger partial charge in [0.1, 0.15) is 5.75 Å². The summed E-state index contributed by atoms with van der Waals surface area (Å²) < 4.78 is 6.47. The van der Waals surface area contributed by atoms with E-state index in [0.717, 1.165) is 35.3 Å². The molecule has 0 aliphatic rings. The summed E-state index contributed by atoms with van der Waals surface area (Å²) in [6.45, 7) is 3.03. The Morgan fingerprint density at radius 1 is 1.15 bits per heavy atom. The van der Waals surface area contributed by atoms with Crippen LogP contribution in [0.5, 0.6) is 5.75 Å². The largest absolute Gasteiger partial charge is 0.495 e. The molecule has 0 spiro atoms. The quantitative estimate of drug-likeness (QED) is 0.766. The monoisotopic (exact) mass is 333 g/mol. The van der Waals surface area contributed by atoms with Crippen molar-refractivity contribution in [3.63, 3.8) is 0 Å². The van der Waals surface area contributed by atoms with Crippen LogP contribution in [0, 0.1) is 6.92 Å². The number of rotatable bonds is 6. The number of ether oxygens (including phenoxy) is 1. The zero-order chi connectivity index (χ0) is 14.4. The van der Waals surface area contributed by atoms with Gasteiger partial charge in [0.2, 0.25) is 0 Å². The van der Waals surface area contributed by atoms with Crippen LogP contribution in [0.1, 0.15) is 17.5 Å². The molecular formula is C17H20BrNO. The van der Waals surface area contributed by atoms with E-state index in [9.17, 15) is 0 Å². The fourth-order valence-corrected chi connectivity index (χ4v) is 2.80. The van der Waals surface area contributed by atoms with E-state index in [1.807, 2.05) is 6.07 Å². The minimum Gasteiger partial charge on any atom is -0.495 e. The molecule has 1 N–H and O–H groups in total. The van der Waals surface area contributed by atoms with Crippen LogP contribution in [0.3, 0.4) is 0 Å². The first-order chi connectivity index (χ1) is 9.70. The Balaban J connectivity index is 1.91. The maximum absolute atomic E-state index is 5.43. The van der Waals surface area contributed by atoms with Crippen LogP contribution in [0.4, 0.5) is 5.69 Å². The number of hydrogen-bond donors (Lipinski definition) is 1. The highest BCUT2D eigenvalue weighted by Crippen LogP contribution is 2.31. The van der Waals surface area contributed by atoms with Crippen molar-refractivity contribution in [2.75, 3.05) is 19.0 Å². The molecule has 2 aromatic rings. The maximum Gasteiger partial charge on any atom is 0.143 e. The fourth-order valence-electron chi connectivity index (χ4n) is 2.25. The average molecular weight is 334 g/mol. The smallest absolute Gasteiger partial charge is 0.143 e. The molecule has 2 rings (SSSR count). The van der Waals surface area contributed by atoms with Crippen LogP contribution in [-0.2, 0) is 6.42 Å². The Bertz CT molecular complexity index is 554. The molecule has 2 aromatic carbocycles. The first kappa shape index (κ1) is 14.9. The van der Waals surface area contributed by atoms with Crippen molar-refractivity contribution in [2.24, 2.45) is 0 Å². The molecule has 0 heterocycles. The lowest BCUT2D eigenvalue weighted by atomic mass is 10.1. The summed E-state index contributed by atoms with van der Waals surface area (Å²) in [5.41, 5.74) is 3.66. The maximum atomic E-state index is 5.43. The highest BCUT2D eigenvalue weighted by molar-refractivity contribution is 9.10. The molecule has 3 heteroatoms. The van der Waals surface area contributed by atoms with Crippen LogP contribution in [0.2, 0.25) is 0 Å². The second-order valence-electron chi connectivity index (χ2n) is 4.82. The van der Waals surface area contributed by atoms with E-state index < -0.39 is 0 Å². The summed E-state index contributed by atoms with van der Waals surface area (Å²) >= 11 is 3.49. The number of anilines is 1. The molecule has 20 heavy (non-hydrogen) atoms. The molecule has 2 nitrogen and oxygen atoms in total. The van der Waals surface area contributed by atoms with Gasteiger partial charge in [-0.3, -0.25) is 0 Å². The number of nitrogens with one attached hydrogen (secondary N) is 1. The van der Waals surface area contributed by atoms with Crippen LogP contribution < -0.4 is 10.1 Å². The third kappa shape index (κ3) is 4.01. The Labute approximate surface area is 129 Å². The second kappa shape index (κ2) is 7.34.